The fraction of sp³-hybridized carbons (Fsp3) is 0.130. The second kappa shape index (κ2) is 7.44. The summed E-state index contributed by atoms with van der Waals surface area (Å²) in [5.41, 5.74) is 3.96. The summed E-state index contributed by atoms with van der Waals surface area (Å²) in [6.45, 7) is 0.0101. The number of benzene rings is 3. The third kappa shape index (κ3) is 3.20. The zero-order valence-corrected chi connectivity index (χ0v) is 16.1. The number of aromatic nitrogens is 3. The number of hydrogen-bond acceptors (Lipinski definition) is 5. The molecule has 0 saturated carbocycles. The van der Waals surface area contributed by atoms with E-state index in [-0.39, 0.29) is 24.2 Å². The van der Waals surface area contributed by atoms with E-state index in [0.29, 0.717) is 12.0 Å². The molecule has 3 aromatic carbocycles. The molecule has 1 N–H and O–H groups in total. The summed E-state index contributed by atoms with van der Waals surface area (Å²) in [5, 5.41) is 24.8. The lowest BCUT2D eigenvalue weighted by molar-refractivity contribution is -0.133. The number of hydrogen-bond donors (Lipinski definition) is 1. The smallest absolute Gasteiger partial charge is 0.265 e. The predicted molar refractivity (Wildman–Crippen MR) is 113 cm³/mol. The lowest BCUT2D eigenvalue weighted by Gasteiger charge is -2.22. The van der Waals surface area contributed by atoms with Gasteiger partial charge in [0.1, 0.15) is 17.8 Å². The van der Waals surface area contributed by atoms with Crippen molar-refractivity contribution >= 4 is 22.7 Å². The average Bonchev–Trinajstić information content (AvgIpc) is 3.40. The maximum Gasteiger partial charge on any atom is 0.265 e. The van der Waals surface area contributed by atoms with E-state index in [1.807, 2.05) is 66.7 Å². The second-order valence-electron chi connectivity index (χ2n) is 7.17. The van der Waals surface area contributed by atoms with E-state index in [9.17, 15) is 9.90 Å². The van der Waals surface area contributed by atoms with Crippen LogP contribution in [0.4, 0.5) is 0 Å². The molecule has 7 heteroatoms. The molecule has 2 heterocycles. The Morgan fingerprint density at radius 2 is 1.70 bits per heavy atom. The minimum absolute atomic E-state index is 0.0101. The van der Waals surface area contributed by atoms with Crippen LogP contribution in [-0.4, -0.2) is 36.7 Å². The highest BCUT2D eigenvalue weighted by Crippen LogP contribution is 2.37. The molecule has 0 bridgehead atoms. The van der Waals surface area contributed by atoms with Crippen molar-refractivity contribution in [1.29, 1.82) is 0 Å². The number of phenols is 1. The molecule has 0 aliphatic carbocycles. The molecular formula is C23H19N5O2. The number of nitrogens with zero attached hydrogens (tertiary/aromatic N) is 5. The summed E-state index contributed by atoms with van der Waals surface area (Å²) in [7, 11) is 0. The average molecular weight is 397 g/mol. The Kier molecular flexibility index (Phi) is 4.48. The number of rotatable bonds is 4. The van der Waals surface area contributed by atoms with Crippen molar-refractivity contribution in [1.82, 2.24) is 20.0 Å². The third-order valence-corrected chi connectivity index (χ3v) is 5.27. The quantitative estimate of drug-likeness (QED) is 0.571. The number of carbonyl (C=O) groups excluding carboxylic acids is 1. The first-order valence-electron chi connectivity index (χ1n) is 9.72. The minimum atomic E-state index is -0.385. The number of phenolic OH excluding ortho intramolecular Hbond substituents is 1. The van der Waals surface area contributed by atoms with Gasteiger partial charge >= 0.3 is 0 Å². The molecule has 4 aromatic rings. The third-order valence-electron chi connectivity index (χ3n) is 5.27. The zero-order valence-electron chi connectivity index (χ0n) is 16.1. The maximum atomic E-state index is 13.3. The standard InChI is InChI=1S/C23H19N5O2/c29-22-13-7-4-10-17(22)21-14-19(16-8-2-1-3-9-16)25-28(21)23(30)15-27-20-12-6-5-11-18(20)24-26-27/h1-13,21,29H,14-15H2. The molecular weight excluding hydrogens is 378 g/mol. The zero-order chi connectivity index (χ0) is 20.5. The van der Waals surface area contributed by atoms with Crippen molar-refractivity contribution in [2.45, 2.75) is 19.0 Å². The Morgan fingerprint density at radius 1 is 0.967 bits per heavy atom. The molecule has 0 fully saturated rings. The number of aromatic hydroxyl groups is 1. The van der Waals surface area contributed by atoms with Crippen LogP contribution in [0.25, 0.3) is 11.0 Å². The Labute approximate surface area is 172 Å². The summed E-state index contributed by atoms with van der Waals surface area (Å²) in [6.07, 6.45) is 0.519. The van der Waals surface area contributed by atoms with Gasteiger partial charge in [-0.15, -0.1) is 5.10 Å². The van der Waals surface area contributed by atoms with Crippen molar-refractivity contribution < 1.29 is 9.90 Å². The first-order valence-corrected chi connectivity index (χ1v) is 9.72. The highest BCUT2D eigenvalue weighted by Gasteiger charge is 2.34. The van der Waals surface area contributed by atoms with Crippen LogP contribution >= 0.6 is 0 Å². The molecule has 148 valence electrons. The topological polar surface area (TPSA) is 83.6 Å². The van der Waals surface area contributed by atoms with Crippen LogP contribution in [-0.2, 0) is 11.3 Å². The lowest BCUT2D eigenvalue weighted by atomic mass is 9.98. The Hall–Kier alpha value is -4.00. The molecule has 1 aliphatic heterocycles. The van der Waals surface area contributed by atoms with E-state index in [1.54, 1.807) is 16.8 Å². The molecule has 0 spiro atoms. The number of fused-ring (bicyclic) bond motifs is 1. The molecule has 1 unspecified atom stereocenters. The van der Waals surface area contributed by atoms with Crippen LogP contribution in [0.3, 0.4) is 0 Å². The van der Waals surface area contributed by atoms with E-state index < -0.39 is 0 Å². The van der Waals surface area contributed by atoms with E-state index in [0.717, 1.165) is 22.3 Å². The van der Waals surface area contributed by atoms with Crippen molar-refractivity contribution in [3.8, 4) is 5.75 Å². The summed E-state index contributed by atoms with van der Waals surface area (Å²) >= 11 is 0. The van der Waals surface area contributed by atoms with Gasteiger partial charge in [-0.3, -0.25) is 4.79 Å². The highest BCUT2D eigenvalue weighted by atomic mass is 16.3. The number of para-hydroxylation sites is 2. The Morgan fingerprint density at radius 3 is 2.53 bits per heavy atom. The van der Waals surface area contributed by atoms with Gasteiger partial charge in [0, 0.05) is 12.0 Å². The van der Waals surface area contributed by atoms with Gasteiger partial charge in [0.2, 0.25) is 0 Å². The van der Waals surface area contributed by atoms with E-state index >= 15 is 0 Å². The maximum absolute atomic E-state index is 13.3. The van der Waals surface area contributed by atoms with Gasteiger partial charge in [-0.25, -0.2) is 9.69 Å². The summed E-state index contributed by atoms with van der Waals surface area (Å²) in [5.74, 6) is -0.0687. The van der Waals surface area contributed by atoms with Crippen LogP contribution in [0, 0.1) is 0 Å². The van der Waals surface area contributed by atoms with Crippen LogP contribution in [0.15, 0.2) is 84.0 Å². The molecule has 0 saturated heterocycles. The van der Waals surface area contributed by atoms with Crippen molar-refractivity contribution in [2.24, 2.45) is 5.10 Å². The van der Waals surface area contributed by atoms with Gasteiger partial charge in [-0.05, 0) is 23.8 Å². The van der Waals surface area contributed by atoms with Gasteiger partial charge < -0.3 is 5.11 Å². The lowest BCUT2D eigenvalue weighted by Crippen LogP contribution is -2.30. The number of carbonyl (C=O) groups is 1. The van der Waals surface area contributed by atoms with Crippen molar-refractivity contribution in [3.05, 3.63) is 90.0 Å². The summed E-state index contributed by atoms with van der Waals surface area (Å²) < 4.78 is 1.58. The Balaban J connectivity index is 1.50. The van der Waals surface area contributed by atoms with E-state index in [4.69, 9.17) is 0 Å². The largest absolute Gasteiger partial charge is 0.508 e. The van der Waals surface area contributed by atoms with Gasteiger partial charge in [0.05, 0.1) is 17.3 Å². The molecule has 1 atom stereocenters. The van der Waals surface area contributed by atoms with Gasteiger partial charge in [0.15, 0.2) is 0 Å². The fourth-order valence-electron chi connectivity index (χ4n) is 3.79. The number of amides is 1. The molecule has 0 radical (unpaired) electrons. The SMILES string of the molecule is O=C(Cn1nnc2ccccc21)N1N=C(c2ccccc2)CC1c1ccccc1O. The molecule has 1 aromatic heterocycles. The van der Waals surface area contributed by atoms with Crippen molar-refractivity contribution in [2.75, 3.05) is 0 Å². The predicted octanol–water partition coefficient (Wildman–Crippen LogP) is 3.51. The van der Waals surface area contributed by atoms with Gasteiger partial charge in [-0.1, -0.05) is 65.9 Å². The van der Waals surface area contributed by atoms with Crippen molar-refractivity contribution in [3.63, 3.8) is 0 Å². The van der Waals surface area contributed by atoms with Gasteiger partial charge in [0.25, 0.3) is 5.91 Å². The van der Waals surface area contributed by atoms with E-state index in [1.165, 1.54) is 5.01 Å². The summed E-state index contributed by atoms with van der Waals surface area (Å²) in [4.78, 5) is 13.3. The summed E-state index contributed by atoms with van der Waals surface area (Å²) in [6, 6.07) is 24.0. The minimum Gasteiger partial charge on any atom is -0.508 e. The first kappa shape index (κ1) is 18.1. The second-order valence-corrected chi connectivity index (χ2v) is 7.17. The molecule has 30 heavy (non-hydrogen) atoms. The van der Waals surface area contributed by atoms with Crippen LogP contribution < -0.4 is 0 Å². The van der Waals surface area contributed by atoms with Crippen LogP contribution in [0.2, 0.25) is 0 Å². The first-order chi connectivity index (χ1) is 14.7. The molecule has 7 nitrogen and oxygen atoms in total. The fourth-order valence-corrected chi connectivity index (χ4v) is 3.79. The van der Waals surface area contributed by atoms with Crippen LogP contribution in [0.5, 0.6) is 5.75 Å². The normalized spacial score (nSPS) is 16.1. The molecule has 5 rings (SSSR count). The van der Waals surface area contributed by atoms with Crippen LogP contribution in [0.1, 0.15) is 23.6 Å². The van der Waals surface area contributed by atoms with Gasteiger partial charge in [-0.2, -0.15) is 5.10 Å². The monoisotopic (exact) mass is 397 g/mol. The number of hydrazone groups is 1. The molecule has 1 amide bonds. The molecule has 1 aliphatic rings. The van der Waals surface area contributed by atoms with E-state index in [2.05, 4.69) is 15.4 Å². The highest BCUT2D eigenvalue weighted by molar-refractivity contribution is 6.03. The Bertz CT molecular complexity index is 1250.